The number of benzene rings is 3. The van der Waals surface area contributed by atoms with Gasteiger partial charge in [0, 0.05) is 40.9 Å². The molecule has 9 heteroatoms. The van der Waals surface area contributed by atoms with Gasteiger partial charge in [0.05, 0.1) is 25.1 Å². The van der Waals surface area contributed by atoms with Crippen LogP contribution in [0.2, 0.25) is 0 Å². The van der Waals surface area contributed by atoms with Crippen molar-refractivity contribution in [2.24, 2.45) is 5.92 Å². The third-order valence-electron chi connectivity index (χ3n) is 8.32. The van der Waals surface area contributed by atoms with Gasteiger partial charge in [0.2, 0.25) is 5.91 Å². The minimum Gasteiger partial charge on any atom is -0.493 e. The number of para-hydroxylation sites is 1. The summed E-state index contributed by atoms with van der Waals surface area (Å²) in [5.74, 6) is -0.813. The summed E-state index contributed by atoms with van der Waals surface area (Å²) in [6.07, 6.45) is 1.64. The molecule has 0 bridgehead atoms. The number of carbonyl (C=O) groups excluding carboxylic acids is 2. The second kappa shape index (κ2) is 8.95. The van der Waals surface area contributed by atoms with Crippen molar-refractivity contribution in [2.75, 3.05) is 26.1 Å². The quantitative estimate of drug-likeness (QED) is 0.293. The standard InChI is InChI=1S/C29H27N3O6/c1-37-23-13-12-18(16-24(23)38-2)27(33)26-25(17-7-5-8-19(15-17)32(35)36)22-11-6-14-31(22)29(26)20-9-3-4-10-21(20)30-28(29)34/h3-5,7-10,12-13,15-16,22,25-26H,6,11,14H2,1-2H3,(H,30,34)/t22?,25?,26?,29-/m1/s1. The zero-order chi connectivity index (χ0) is 26.6. The summed E-state index contributed by atoms with van der Waals surface area (Å²) in [4.78, 5) is 42.1. The second-order valence-corrected chi connectivity index (χ2v) is 9.96. The highest BCUT2D eigenvalue weighted by Crippen LogP contribution is 2.61. The van der Waals surface area contributed by atoms with E-state index in [9.17, 15) is 19.7 Å². The fourth-order valence-corrected chi connectivity index (χ4v) is 6.90. The molecule has 0 aromatic heterocycles. The number of ketones is 1. The number of carbonyl (C=O) groups is 2. The summed E-state index contributed by atoms with van der Waals surface area (Å²) in [6, 6.07) is 18.9. The molecule has 6 rings (SSSR count). The van der Waals surface area contributed by atoms with Gasteiger partial charge in [0.15, 0.2) is 17.3 Å². The van der Waals surface area contributed by atoms with E-state index >= 15 is 0 Å². The number of Topliss-reactive ketones (excluding diaryl/α,β-unsaturated/α-hetero) is 1. The number of ether oxygens (including phenoxy) is 2. The average Bonchev–Trinajstić information content (AvgIpc) is 3.60. The smallest absolute Gasteiger partial charge is 0.269 e. The van der Waals surface area contributed by atoms with Crippen LogP contribution in [0, 0.1) is 16.0 Å². The van der Waals surface area contributed by atoms with Crippen LogP contribution in [-0.2, 0) is 10.3 Å². The second-order valence-electron chi connectivity index (χ2n) is 9.96. The van der Waals surface area contributed by atoms with E-state index in [1.165, 1.54) is 20.3 Å². The predicted molar refractivity (Wildman–Crippen MR) is 140 cm³/mol. The summed E-state index contributed by atoms with van der Waals surface area (Å²) < 4.78 is 10.8. The third kappa shape index (κ3) is 3.28. The molecule has 0 saturated carbocycles. The molecule has 3 aromatic rings. The Bertz CT molecular complexity index is 1470. The van der Waals surface area contributed by atoms with Crippen molar-refractivity contribution in [3.63, 3.8) is 0 Å². The molecular formula is C29H27N3O6. The molecule has 38 heavy (non-hydrogen) atoms. The Morgan fingerprint density at radius 2 is 1.84 bits per heavy atom. The summed E-state index contributed by atoms with van der Waals surface area (Å²) in [5.41, 5.74) is 1.25. The molecular weight excluding hydrogens is 486 g/mol. The first kappa shape index (κ1) is 24.1. The molecule has 3 unspecified atom stereocenters. The van der Waals surface area contributed by atoms with E-state index in [0.29, 0.717) is 34.9 Å². The number of rotatable bonds is 6. The molecule has 1 amide bonds. The Morgan fingerprint density at radius 1 is 1.05 bits per heavy atom. The number of non-ortho nitro benzene ring substituents is 1. The number of anilines is 1. The summed E-state index contributed by atoms with van der Waals surface area (Å²) in [7, 11) is 3.03. The minimum absolute atomic E-state index is 0.0402. The lowest BCUT2D eigenvalue weighted by Crippen LogP contribution is -2.52. The molecule has 1 spiro atoms. The van der Waals surface area contributed by atoms with Gasteiger partial charge in [0.1, 0.15) is 5.54 Å². The van der Waals surface area contributed by atoms with E-state index in [1.807, 2.05) is 30.3 Å². The van der Waals surface area contributed by atoms with Gasteiger partial charge in [-0.3, -0.25) is 24.6 Å². The van der Waals surface area contributed by atoms with Crippen LogP contribution < -0.4 is 14.8 Å². The Balaban J connectivity index is 1.60. The SMILES string of the molecule is COc1ccc(C(=O)C2C(c3cccc([N+](=O)[O-])c3)C3CCCN3[C@@]23C(=O)Nc2ccccc23)cc1OC. The number of amides is 1. The van der Waals surface area contributed by atoms with Crippen molar-refractivity contribution in [1.82, 2.24) is 4.90 Å². The van der Waals surface area contributed by atoms with Crippen LogP contribution in [0.3, 0.4) is 0 Å². The zero-order valence-corrected chi connectivity index (χ0v) is 21.0. The molecule has 3 aliphatic heterocycles. The molecule has 4 atom stereocenters. The fraction of sp³-hybridized carbons (Fsp3) is 0.310. The van der Waals surface area contributed by atoms with Crippen LogP contribution in [0.4, 0.5) is 11.4 Å². The molecule has 3 aliphatic rings. The summed E-state index contributed by atoms with van der Waals surface area (Å²) in [5, 5.41) is 14.7. The van der Waals surface area contributed by atoms with Crippen molar-refractivity contribution in [3.05, 3.63) is 93.5 Å². The molecule has 2 fully saturated rings. The van der Waals surface area contributed by atoms with Gasteiger partial charge >= 0.3 is 0 Å². The first-order chi connectivity index (χ1) is 18.4. The Labute approximate surface area is 219 Å². The van der Waals surface area contributed by atoms with E-state index < -0.39 is 22.3 Å². The molecule has 0 radical (unpaired) electrons. The Kier molecular flexibility index (Phi) is 5.68. The number of nitro groups is 1. The maximum atomic E-state index is 14.6. The molecule has 194 valence electrons. The third-order valence-corrected chi connectivity index (χ3v) is 8.32. The molecule has 2 saturated heterocycles. The van der Waals surface area contributed by atoms with Crippen LogP contribution in [0.15, 0.2) is 66.7 Å². The highest BCUT2D eigenvalue weighted by atomic mass is 16.6. The minimum atomic E-state index is -1.24. The molecule has 0 aliphatic carbocycles. The van der Waals surface area contributed by atoms with Crippen LogP contribution in [0.1, 0.15) is 40.2 Å². The van der Waals surface area contributed by atoms with Crippen molar-refractivity contribution in [2.45, 2.75) is 30.3 Å². The summed E-state index contributed by atoms with van der Waals surface area (Å²) in [6.45, 7) is 0.646. The largest absolute Gasteiger partial charge is 0.493 e. The van der Waals surface area contributed by atoms with Crippen LogP contribution in [0.5, 0.6) is 11.5 Å². The lowest BCUT2D eigenvalue weighted by Gasteiger charge is -2.37. The zero-order valence-electron chi connectivity index (χ0n) is 21.0. The maximum Gasteiger partial charge on any atom is 0.269 e. The lowest BCUT2D eigenvalue weighted by molar-refractivity contribution is -0.384. The molecule has 3 heterocycles. The van der Waals surface area contributed by atoms with E-state index in [1.54, 1.807) is 30.3 Å². The van der Waals surface area contributed by atoms with Crippen molar-refractivity contribution in [3.8, 4) is 11.5 Å². The van der Waals surface area contributed by atoms with Gasteiger partial charge in [-0.25, -0.2) is 0 Å². The monoisotopic (exact) mass is 513 g/mol. The van der Waals surface area contributed by atoms with Crippen molar-refractivity contribution in [1.29, 1.82) is 0 Å². The number of fused-ring (bicyclic) bond motifs is 4. The van der Waals surface area contributed by atoms with Gasteiger partial charge in [-0.05, 0) is 49.2 Å². The van der Waals surface area contributed by atoms with E-state index in [-0.39, 0.29) is 23.4 Å². The van der Waals surface area contributed by atoms with Gasteiger partial charge in [-0.2, -0.15) is 0 Å². The van der Waals surface area contributed by atoms with Gasteiger partial charge in [0.25, 0.3) is 5.69 Å². The lowest BCUT2D eigenvalue weighted by atomic mass is 9.68. The fourth-order valence-electron chi connectivity index (χ4n) is 6.90. The number of hydrogen-bond acceptors (Lipinski definition) is 7. The number of nitro benzene ring substituents is 1. The first-order valence-electron chi connectivity index (χ1n) is 12.6. The summed E-state index contributed by atoms with van der Waals surface area (Å²) >= 11 is 0. The van der Waals surface area contributed by atoms with Gasteiger partial charge in [-0.1, -0.05) is 30.3 Å². The molecule has 1 N–H and O–H groups in total. The highest BCUT2D eigenvalue weighted by Gasteiger charge is 2.69. The van der Waals surface area contributed by atoms with Crippen LogP contribution >= 0.6 is 0 Å². The van der Waals surface area contributed by atoms with Crippen molar-refractivity contribution >= 4 is 23.1 Å². The number of nitrogens with one attached hydrogen (secondary N) is 1. The van der Waals surface area contributed by atoms with E-state index in [4.69, 9.17) is 9.47 Å². The molecule has 3 aromatic carbocycles. The Morgan fingerprint density at radius 3 is 2.61 bits per heavy atom. The van der Waals surface area contributed by atoms with E-state index in [0.717, 1.165) is 18.4 Å². The maximum absolute atomic E-state index is 14.6. The van der Waals surface area contributed by atoms with Crippen LogP contribution in [-0.4, -0.2) is 48.3 Å². The number of nitrogens with zero attached hydrogens (tertiary/aromatic N) is 2. The normalized spacial score (nSPS) is 25.6. The average molecular weight is 514 g/mol. The molecule has 9 nitrogen and oxygen atoms in total. The first-order valence-corrected chi connectivity index (χ1v) is 12.6. The number of hydrogen-bond donors (Lipinski definition) is 1. The van der Waals surface area contributed by atoms with Crippen molar-refractivity contribution < 1.29 is 24.0 Å². The topological polar surface area (TPSA) is 111 Å². The van der Waals surface area contributed by atoms with E-state index in [2.05, 4.69) is 10.2 Å². The highest BCUT2D eigenvalue weighted by molar-refractivity contribution is 6.12. The van der Waals surface area contributed by atoms with Gasteiger partial charge in [-0.15, -0.1) is 0 Å². The number of methoxy groups -OCH3 is 2. The van der Waals surface area contributed by atoms with Crippen LogP contribution in [0.25, 0.3) is 0 Å². The van der Waals surface area contributed by atoms with Gasteiger partial charge < -0.3 is 14.8 Å². The predicted octanol–water partition coefficient (Wildman–Crippen LogP) is 4.52. The Hall–Kier alpha value is -4.24.